The molecule has 1 aromatic heterocycles. The van der Waals surface area contributed by atoms with Gasteiger partial charge in [-0.2, -0.15) is 0 Å². The molecule has 1 aliphatic heterocycles. The maximum Gasteiger partial charge on any atom is 0.317 e. The number of carboxylic acids is 1. The van der Waals surface area contributed by atoms with Crippen LogP contribution in [0.1, 0.15) is 23.5 Å². The van der Waals surface area contributed by atoms with Crippen molar-refractivity contribution < 1.29 is 14.7 Å². The number of carbonyl (C=O) groups is 2. The molecular weight excluding hydrogens is 346 g/mol. The summed E-state index contributed by atoms with van der Waals surface area (Å²) in [7, 11) is 0. The molecule has 1 saturated heterocycles. The summed E-state index contributed by atoms with van der Waals surface area (Å²) in [5.74, 6) is -1.09. The van der Waals surface area contributed by atoms with Gasteiger partial charge in [-0.05, 0) is 35.7 Å². The van der Waals surface area contributed by atoms with Gasteiger partial charge < -0.3 is 15.3 Å². The number of thiazole rings is 1. The molecule has 20 heavy (non-hydrogen) atoms. The molecule has 1 aliphatic rings. The average molecular weight is 362 g/mol. The van der Waals surface area contributed by atoms with Gasteiger partial charge in [-0.25, -0.2) is 9.78 Å². The Morgan fingerprint density at radius 2 is 2.15 bits per heavy atom. The maximum absolute atomic E-state index is 12.0. The number of carboxylic acid groups (broad SMARTS) is 1. The molecule has 2 heterocycles. The van der Waals surface area contributed by atoms with Gasteiger partial charge in [0.15, 0.2) is 0 Å². The van der Waals surface area contributed by atoms with Gasteiger partial charge >= 0.3 is 12.0 Å². The molecule has 0 unspecified atom stereocenters. The predicted molar refractivity (Wildman–Crippen MR) is 78.7 cm³/mol. The Morgan fingerprint density at radius 1 is 1.50 bits per heavy atom. The molecule has 0 radical (unpaired) electrons. The molecule has 110 valence electrons. The maximum atomic E-state index is 12.0. The molecule has 0 aliphatic carbocycles. The largest absolute Gasteiger partial charge is 0.481 e. The number of piperidine rings is 1. The van der Waals surface area contributed by atoms with Crippen molar-refractivity contribution in [2.24, 2.45) is 5.92 Å². The minimum absolute atomic E-state index is 0.155. The van der Waals surface area contributed by atoms with Crippen LogP contribution < -0.4 is 5.32 Å². The van der Waals surface area contributed by atoms with Crippen molar-refractivity contribution in [3.63, 3.8) is 0 Å². The number of carbonyl (C=O) groups excluding carboxylic acids is 1. The summed E-state index contributed by atoms with van der Waals surface area (Å²) in [5, 5.41) is 12.6. The number of nitrogens with zero attached hydrogens (tertiary/aromatic N) is 2. The summed E-state index contributed by atoms with van der Waals surface area (Å²) >= 11 is 4.90. The Balaban J connectivity index is 1.80. The highest BCUT2D eigenvalue weighted by Crippen LogP contribution is 2.24. The number of hydrogen-bond donors (Lipinski definition) is 2. The van der Waals surface area contributed by atoms with Gasteiger partial charge in [-0.15, -0.1) is 11.3 Å². The molecule has 0 saturated carbocycles. The average Bonchev–Trinajstić information content (AvgIpc) is 2.75. The summed E-state index contributed by atoms with van der Waals surface area (Å²) in [6.45, 7) is 3.28. The Kier molecular flexibility index (Phi) is 4.98. The van der Waals surface area contributed by atoms with E-state index in [0.717, 1.165) is 14.5 Å². The Bertz CT molecular complexity index is 493. The van der Waals surface area contributed by atoms with Crippen molar-refractivity contribution in [3.8, 4) is 0 Å². The highest BCUT2D eigenvalue weighted by Gasteiger charge is 2.26. The zero-order valence-electron chi connectivity index (χ0n) is 11.1. The van der Waals surface area contributed by atoms with E-state index in [1.54, 1.807) is 4.90 Å². The number of urea groups is 1. The second kappa shape index (κ2) is 6.53. The highest BCUT2D eigenvalue weighted by molar-refractivity contribution is 9.11. The number of hydrogen-bond acceptors (Lipinski definition) is 4. The number of aromatic nitrogens is 1. The van der Waals surface area contributed by atoms with E-state index in [2.05, 4.69) is 26.2 Å². The van der Waals surface area contributed by atoms with E-state index in [-0.39, 0.29) is 11.9 Å². The molecule has 0 atom stereocenters. The van der Waals surface area contributed by atoms with Crippen LogP contribution in [0.4, 0.5) is 4.79 Å². The molecule has 1 fully saturated rings. The van der Waals surface area contributed by atoms with E-state index in [0.29, 0.717) is 32.5 Å². The first-order valence-electron chi connectivity index (χ1n) is 6.34. The van der Waals surface area contributed by atoms with Gasteiger partial charge in [0, 0.05) is 13.1 Å². The van der Waals surface area contributed by atoms with Crippen LogP contribution in [0.2, 0.25) is 0 Å². The lowest BCUT2D eigenvalue weighted by molar-refractivity contribution is -0.143. The summed E-state index contributed by atoms with van der Waals surface area (Å²) in [4.78, 5) is 28.8. The van der Waals surface area contributed by atoms with Crippen molar-refractivity contribution in [2.75, 3.05) is 13.1 Å². The molecule has 6 nitrogen and oxygen atoms in total. The van der Waals surface area contributed by atoms with Crippen LogP contribution in [0, 0.1) is 12.8 Å². The van der Waals surface area contributed by atoms with E-state index in [9.17, 15) is 9.59 Å². The first-order chi connectivity index (χ1) is 9.47. The quantitative estimate of drug-likeness (QED) is 0.864. The number of rotatable bonds is 3. The molecule has 0 spiro atoms. The minimum Gasteiger partial charge on any atom is -0.481 e. The van der Waals surface area contributed by atoms with Crippen molar-refractivity contribution >= 4 is 39.3 Å². The lowest BCUT2D eigenvalue weighted by Crippen LogP contribution is -2.45. The van der Waals surface area contributed by atoms with Crippen LogP contribution in [-0.2, 0) is 11.3 Å². The van der Waals surface area contributed by atoms with Crippen LogP contribution in [0.5, 0.6) is 0 Å². The van der Waals surface area contributed by atoms with Gasteiger partial charge in [-0.1, -0.05) is 0 Å². The third-order valence-corrected chi connectivity index (χ3v) is 5.31. The normalized spacial score (nSPS) is 16.2. The van der Waals surface area contributed by atoms with Crippen LogP contribution in [0.3, 0.4) is 0 Å². The summed E-state index contributed by atoms with van der Waals surface area (Å²) in [6, 6.07) is -0.155. The first kappa shape index (κ1) is 15.2. The zero-order valence-corrected chi connectivity index (χ0v) is 13.5. The third-order valence-electron chi connectivity index (χ3n) is 3.31. The fraction of sp³-hybridized carbons (Fsp3) is 0.583. The van der Waals surface area contributed by atoms with Gasteiger partial charge in [0.1, 0.15) is 5.01 Å². The molecule has 2 rings (SSSR count). The van der Waals surface area contributed by atoms with Crippen molar-refractivity contribution in [1.82, 2.24) is 15.2 Å². The first-order valence-corrected chi connectivity index (χ1v) is 7.95. The Hall–Kier alpha value is -1.15. The number of aliphatic carboxylic acids is 1. The molecule has 1 aromatic rings. The molecule has 0 aromatic carbocycles. The van der Waals surface area contributed by atoms with E-state index >= 15 is 0 Å². The van der Waals surface area contributed by atoms with Crippen LogP contribution in [0.15, 0.2) is 3.79 Å². The zero-order chi connectivity index (χ0) is 14.7. The third kappa shape index (κ3) is 3.69. The number of aryl methyl sites for hydroxylation is 1. The van der Waals surface area contributed by atoms with E-state index in [4.69, 9.17) is 5.11 Å². The van der Waals surface area contributed by atoms with E-state index < -0.39 is 5.97 Å². The number of nitrogens with one attached hydrogen (secondary N) is 1. The van der Waals surface area contributed by atoms with Crippen molar-refractivity contribution in [2.45, 2.75) is 26.3 Å². The van der Waals surface area contributed by atoms with Crippen LogP contribution in [0.25, 0.3) is 0 Å². The predicted octanol–water partition coefficient (Wildman–Crippen LogP) is 2.22. The van der Waals surface area contributed by atoms with Gasteiger partial charge in [0.2, 0.25) is 0 Å². The van der Waals surface area contributed by atoms with Crippen LogP contribution >= 0.6 is 27.3 Å². The van der Waals surface area contributed by atoms with E-state index in [1.165, 1.54) is 11.3 Å². The summed E-state index contributed by atoms with van der Waals surface area (Å²) in [6.07, 6.45) is 1.04. The fourth-order valence-electron chi connectivity index (χ4n) is 2.10. The summed E-state index contributed by atoms with van der Waals surface area (Å²) in [5.41, 5.74) is 0.918. The lowest BCUT2D eigenvalue weighted by Gasteiger charge is -2.30. The number of amides is 2. The standard InChI is InChI=1S/C12H16BrN3O3S/c1-7-10(13)20-9(15-7)6-14-12(19)16-4-2-8(3-5-16)11(17)18/h8H,2-6H2,1H3,(H,14,19)(H,17,18). The van der Waals surface area contributed by atoms with E-state index in [1.807, 2.05) is 6.92 Å². The second-order valence-electron chi connectivity index (χ2n) is 4.72. The van der Waals surface area contributed by atoms with Crippen LogP contribution in [-0.4, -0.2) is 40.1 Å². The highest BCUT2D eigenvalue weighted by atomic mass is 79.9. The number of halogens is 1. The number of likely N-dealkylation sites (tertiary alicyclic amines) is 1. The minimum atomic E-state index is -0.770. The van der Waals surface area contributed by atoms with Crippen molar-refractivity contribution in [3.05, 3.63) is 14.5 Å². The second-order valence-corrected chi connectivity index (χ2v) is 7.13. The smallest absolute Gasteiger partial charge is 0.317 e. The van der Waals surface area contributed by atoms with Gasteiger partial charge in [0.05, 0.1) is 21.9 Å². The topological polar surface area (TPSA) is 82.5 Å². The molecule has 2 amide bonds. The summed E-state index contributed by atoms with van der Waals surface area (Å²) < 4.78 is 0.976. The van der Waals surface area contributed by atoms with Gasteiger partial charge in [-0.3, -0.25) is 4.79 Å². The Labute approximate surface area is 129 Å². The monoisotopic (exact) mass is 361 g/mol. The van der Waals surface area contributed by atoms with Crippen molar-refractivity contribution in [1.29, 1.82) is 0 Å². The Morgan fingerprint density at radius 3 is 2.65 bits per heavy atom. The van der Waals surface area contributed by atoms with Gasteiger partial charge in [0.25, 0.3) is 0 Å². The fourth-order valence-corrected chi connectivity index (χ4v) is 3.48. The lowest BCUT2D eigenvalue weighted by atomic mass is 9.97. The molecule has 0 bridgehead atoms. The molecule has 2 N–H and O–H groups in total. The molecular formula is C12H16BrN3O3S. The SMILES string of the molecule is Cc1nc(CNC(=O)N2CCC(C(=O)O)CC2)sc1Br. The molecule has 8 heteroatoms.